The van der Waals surface area contributed by atoms with Crippen LogP contribution < -0.4 is 16.1 Å². The van der Waals surface area contributed by atoms with E-state index in [-0.39, 0.29) is 16.8 Å². The van der Waals surface area contributed by atoms with Gasteiger partial charge in [-0.1, -0.05) is 19.1 Å². The van der Waals surface area contributed by atoms with Crippen molar-refractivity contribution in [2.75, 3.05) is 19.6 Å². The van der Waals surface area contributed by atoms with Crippen LogP contribution in [0.5, 0.6) is 0 Å². The number of para-hydroxylation sites is 1. The molecule has 2 aromatic rings. The van der Waals surface area contributed by atoms with E-state index in [0.29, 0.717) is 12.2 Å². The maximum Gasteiger partial charge on any atom is 0.275 e. The van der Waals surface area contributed by atoms with Crippen molar-refractivity contribution in [3.63, 3.8) is 0 Å². The smallest absolute Gasteiger partial charge is 0.275 e. The molecule has 2 N–H and O–H groups in total. The Morgan fingerprint density at radius 3 is 2.73 bits per heavy atom. The van der Waals surface area contributed by atoms with Crippen LogP contribution in [0.4, 0.5) is 4.39 Å². The molecule has 0 saturated carbocycles. The minimum Gasteiger partial charge on any atom is -0.350 e. The lowest BCUT2D eigenvalue weighted by atomic mass is 9.81. The summed E-state index contributed by atoms with van der Waals surface area (Å²) in [6.45, 7) is 6.07. The van der Waals surface area contributed by atoms with E-state index in [1.54, 1.807) is 25.1 Å². The van der Waals surface area contributed by atoms with E-state index in [4.69, 9.17) is 0 Å². The Bertz CT molecular complexity index is 872. The number of aryl methyl sites for hydroxylation is 1. The zero-order valence-corrected chi connectivity index (χ0v) is 15.0. The number of nitrogens with one attached hydrogen (secondary N) is 2. The Labute approximate surface area is 151 Å². The second-order valence-electron chi connectivity index (χ2n) is 7.11. The summed E-state index contributed by atoms with van der Waals surface area (Å²) in [4.78, 5) is 24.8. The predicted octanol–water partition coefficient (Wildman–Crippen LogP) is 1.80. The van der Waals surface area contributed by atoms with Gasteiger partial charge in [0.25, 0.3) is 5.91 Å². The molecule has 1 fully saturated rings. The van der Waals surface area contributed by atoms with Gasteiger partial charge in [-0.05, 0) is 50.4 Å². The van der Waals surface area contributed by atoms with E-state index in [1.807, 2.05) is 0 Å². The number of piperidine rings is 1. The number of nitrogens with zero attached hydrogens (tertiary/aromatic N) is 2. The highest BCUT2D eigenvalue weighted by Crippen LogP contribution is 2.26. The molecule has 0 bridgehead atoms. The summed E-state index contributed by atoms with van der Waals surface area (Å²) in [5, 5.41) is 10.2. The van der Waals surface area contributed by atoms with Crippen molar-refractivity contribution in [1.29, 1.82) is 0 Å². The number of halogens is 1. The lowest BCUT2D eigenvalue weighted by molar-refractivity contribution is 0.0914. The van der Waals surface area contributed by atoms with Crippen LogP contribution in [0.15, 0.2) is 35.1 Å². The molecular weight excluding hydrogens is 335 g/mol. The lowest BCUT2D eigenvalue weighted by Gasteiger charge is -2.34. The second kappa shape index (κ2) is 7.37. The third kappa shape index (κ3) is 3.83. The number of carbonyl (C=O) groups is 1. The van der Waals surface area contributed by atoms with E-state index in [2.05, 4.69) is 22.7 Å². The van der Waals surface area contributed by atoms with Gasteiger partial charge >= 0.3 is 0 Å². The van der Waals surface area contributed by atoms with Crippen LogP contribution in [0.2, 0.25) is 0 Å². The molecule has 0 aliphatic carbocycles. The molecule has 1 aliphatic heterocycles. The summed E-state index contributed by atoms with van der Waals surface area (Å²) in [7, 11) is 0. The summed E-state index contributed by atoms with van der Waals surface area (Å²) in [5.41, 5.74) is -0.0401. The van der Waals surface area contributed by atoms with Crippen LogP contribution in [0.3, 0.4) is 0 Å². The summed E-state index contributed by atoms with van der Waals surface area (Å²) in [5.74, 6) is -1.000. The molecule has 1 aromatic carbocycles. The highest BCUT2D eigenvalue weighted by atomic mass is 19.1. The number of amides is 1. The molecule has 0 unspecified atom stereocenters. The van der Waals surface area contributed by atoms with Crippen molar-refractivity contribution < 1.29 is 9.18 Å². The Kier molecular flexibility index (Phi) is 5.18. The molecular formula is C19H23FN4O2. The lowest BCUT2D eigenvalue weighted by Crippen LogP contribution is -2.44. The minimum atomic E-state index is -0.528. The monoisotopic (exact) mass is 358 g/mol. The van der Waals surface area contributed by atoms with Gasteiger partial charge in [-0.2, -0.15) is 5.10 Å². The second-order valence-corrected chi connectivity index (χ2v) is 7.11. The normalized spacial score (nSPS) is 16.3. The average Bonchev–Trinajstić information content (AvgIpc) is 2.61. The van der Waals surface area contributed by atoms with Gasteiger partial charge in [0.15, 0.2) is 5.69 Å². The van der Waals surface area contributed by atoms with Gasteiger partial charge in [-0.25, -0.2) is 9.07 Å². The zero-order chi connectivity index (χ0) is 18.7. The highest BCUT2D eigenvalue weighted by molar-refractivity contribution is 5.92. The number of rotatable bonds is 4. The molecule has 2 heterocycles. The van der Waals surface area contributed by atoms with Gasteiger partial charge in [0.2, 0.25) is 5.43 Å². The van der Waals surface area contributed by atoms with Crippen molar-refractivity contribution in [3.05, 3.63) is 57.8 Å². The first-order chi connectivity index (χ1) is 12.4. The van der Waals surface area contributed by atoms with Gasteiger partial charge in [0.1, 0.15) is 11.5 Å². The topological polar surface area (TPSA) is 76.0 Å². The Balaban J connectivity index is 1.85. The average molecular weight is 358 g/mol. The Hall–Kier alpha value is -2.54. The van der Waals surface area contributed by atoms with Gasteiger partial charge in [0.05, 0.1) is 0 Å². The maximum atomic E-state index is 14.1. The van der Waals surface area contributed by atoms with Gasteiger partial charge in [-0.15, -0.1) is 0 Å². The third-order valence-corrected chi connectivity index (χ3v) is 4.89. The first kappa shape index (κ1) is 18.3. The molecule has 6 nitrogen and oxygen atoms in total. The first-order valence-corrected chi connectivity index (χ1v) is 8.74. The quantitative estimate of drug-likeness (QED) is 0.874. The van der Waals surface area contributed by atoms with Crippen molar-refractivity contribution in [1.82, 2.24) is 20.4 Å². The summed E-state index contributed by atoms with van der Waals surface area (Å²) in [6, 6.07) is 7.42. The molecule has 0 atom stereocenters. The minimum absolute atomic E-state index is 0.00380. The fourth-order valence-electron chi connectivity index (χ4n) is 3.16. The summed E-state index contributed by atoms with van der Waals surface area (Å²) < 4.78 is 15.4. The van der Waals surface area contributed by atoms with Crippen LogP contribution in [0.25, 0.3) is 5.69 Å². The fourth-order valence-corrected chi connectivity index (χ4v) is 3.16. The first-order valence-electron chi connectivity index (χ1n) is 8.74. The fraction of sp³-hybridized carbons (Fsp3) is 0.421. The van der Waals surface area contributed by atoms with E-state index >= 15 is 0 Å². The van der Waals surface area contributed by atoms with Crippen molar-refractivity contribution in [2.24, 2.45) is 5.41 Å². The molecule has 7 heteroatoms. The standard InChI is InChI=1S/C19H23FN4O2/c1-13-11-16(25)17(23-24(13)15-6-4-3-5-14(15)20)18(26)22-12-19(2)7-9-21-10-8-19/h3-6,11,21H,7-10,12H2,1-2H3,(H,22,26). The molecule has 26 heavy (non-hydrogen) atoms. The third-order valence-electron chi connectivity index (χ3n) is 4.89. The largest absolute Gasteiger partial charge is 0.350 e. The molecule has 3 rings (SSSR count). The van der Waals surface area contributed by atoms with E-state index in [9.17, 15) is 14.0 Å². The van der Waals surface area contributed by atoms with Gasteiger partial charge in [0, 0.05) is 18.3 Å². The Morgan fingerprint density at radius 2 is 2.04 bits per heavy atom. The van der Waals surface area contributed by atoms with Crippen LogP contribution in [0, 0.1) is 18.2 Å². The van der Waals surface area contributed by atoms with Crippen molar-refractivity contribution >= 4 is 5.91 Å². The number of carbonyl (C=O) groups excluding carboxylic acids is 1. The number of aromatic nitrogens is 2. The maximum absolute atomic E-state index is 14.1. The van der Waals surface area contributed by atoms with Gasteiger partial charge in [-0.3, -0.25) is 9.59 Å². The molecule has 0 radical (unpaired) electrons. The van der Waals surface area contributed by atoms with Crippen LogP contribution >= 0.6 is 0 Å². The SMILES string of the molecule is Cc1cc(=O)c(C(=O)NCC2(C)CCNCC2)nn1-c1ccccc1F. The van der Waals surface area contributed by atoms with Crippen molar-refractivity contribution in [2.45, 2.75) is 26.7 Å². The van der Waals surface area contributed by atoms with Crippen LogP contribution in [-0.4, -0.2) is 35.3 Å². The number of benzene rings is 1. The van der Waals surface area contributed by atoms with Crippen molar-refractivity contribution in [3.8, 4) is 5.69 Å². The molecule has 1 amide bonds. The van der Waals surface area contributed by atoms with E-state index in [1.165, 1.54) is 16.8 Å². The van der Waals surface area contributed by atoms with E-state index in [0.717, 1.165) is 25.9 Å². The number of hydrogen-bond acceptors (Lipinski definition) is 4. The number of hydrogen-bond donors (Lipinski definition) is 2. The van der Waals surface area contributed by atoms with Gasteiger partial charge < -0.3 is 10.6 Å². The highest BCUT2D eigenvalue weighted by Gasteiger charge is 2.28. The molecule has 1 aromatic heterocycles. The summed E-state index contributed by atoms with van der Waals surface area (Å²) in [6.07, 6.45) is 1.90. The predicted molar refractivity (Wildman–Crippen MR) is 97.1 cm³/mol. The molecule has 138 valence electrons. The van der Waals surface area contributed by atoms with Crippen LogP contribution in [0.1, 0.15) is 35.9 Å². The molecule has 1 aliphatic rings. The molecule has 0 spiro atoms. The summed E-state index contributed by atoms with van der Waals surface area (Å²) >= 11 is 0. The molecule has 1 saturated heterocycles. The van der Waals surface area contributed by atoms with Crippen LogP contribution in [-0.2, 0) is 0 Å². The zero-order valence-electron chi connectivity index (χ0n) is 15.0. The van der Waals surface area contributed by atoms with E-state index < -0.39 is 17.2 Å². The Morgan fingerprint density at radius 1 is 1.35 bits per heavy atom.